The van der Waals surface area contributed by atoms with Crippen LogP contribution < -0.4 is 5.32 Å². The Labute approximate surface area is 138 Å². The Bertz CT molecular complexity index is 792. The van der Waals surface area contributed by atoms with Gasteiger partial charge in [-0.05, 0) is 17.7 Å². The van der Waals surface area contributed by atoms with Gasteiger partial charge in [0.25, 0.3) is 0 Å². The summed E-state index contributed by atoms with van der Waals surface area (Å²) >= 11 is 0. The van der Waals surface area contributed by atoms with Crippen molar-refractivity contribution in [2.75, 3.05) is 31.7 Å². The number of nitrogens with zero attached hydrogens (tertiary/aromatic N) is 4. The zero-order valence-corrected chi connectivity index (χ0v) is 13.1. The largest absolute Gasteiger partial charge is 0.394 e. The van der Waals surface area contributed by atoms with Gasteiger partial charge in [-0.1, -0.05) is 6.07 Å². The fourth-order valence-electron chi connectivity index (χ4n) is 2.30. The smallest absolute Gasteiger partial charge is 0.237 e. The molecule has 3 N–H and O–H groups in total. The molecule has 1 aromatic carbocycles. The van der Waals surface area contributed by atoms with E-state index >= 15 is 0 Å². The van der Waals surface area contributed by atoms with Gasteiger partial charge in [0.05, 0.1) is 31.9 Å². The van der Waals surface area contributed by atoms with Crippen molar-refractivity contribution in [3.63, 3.8) is 0 Å². The van der Waals surface area contributed by atoms with Crippen LogP contribution in [-0.4, -0.2) is 56.1 Å². The van der Waals surface area contributed by atoms with E-state index in [1.165, 1.54) is 0 Å². The molecule has 0 spiro atoms. The zero-order valence-electron chi connectivity index (χ0n) is 13.1. The van der Waals surface area contributed by atoms with E-state index in [9.17, 15) is 5.11 Å². The van der Waals surface area contributed by atoms with Gasteiger partial charge >= 0.3 is 0 Å². The Balaban J connectivity index is 1.92. The Hall–Kier alpha value is -2.55. The highest BCUT2D eigenvalue weighted by Crippen LogP contribution is 2.23. The van der Waals surface area contributed by atoms with Crippen LogP contribution in [0.4, 0.5) is 5.82 Å². The van der Waals surface area contributed by atoms with E-state index in [4.69, 9.17) is 9.84 Å². The van der Waals surface area contributed by atoms with Crippen molar-refractivity contribution in [3.05, 3.63) is 42.5 Å². The fraction of sp³-hybridized carbons (Fsp3) is 0.312. The molecule has 0 amide bonds. The minimum absolute atomic E-state index is 0.00107. The highest BCUT2D eigenvalue weighted by Gasteiger charge is 2.10. The first-order valence-electron chi connectivity index (χ1n) is 7.64. The lowest BCUT2D eigenvalue weighted by Crippen LogP contribution is -2.13. The average Bonchev–Trinajstić information content (AvgIpc) is 3.15. The molecular formula is C16H19N5O3. The van der Waals surface area contributed by atoms with Gasteiger partial charge in [0, 0.05) is 24.3 Å². The molecule has 0 aliphatic rings. The van der Waals surface area contributed by atoms with Crippen LogP contribution in [0.25, 0.3) is 16.9 Å². The van der Waals surface area contributed by atoms with Crippen LogP contribution in [0.15, 0.2) is 36.9 Å². The molecule has 0 saturated carbocycles. The van der Waals surface area contributed by atoms with E-state index in [1.807, 2.05) is 18.2 Å². The third-order valence-electron chi connectivity index (χ3n) is 3.44. The molecule has 126 valence electrons. The molecule has 8 heteroatoms. The summed E-state index contributed by atoms with van der Waals surface area (Å²) in [4.78, 5) is 13.1. The maximum atomic E-state index is 9.35. The molecule has 0 unspecified atom stereocenters. The van der Waals surface area contributed by atoms with Crippen molar-refractivity contribution in [3.8, 4) is 5.95 Å². The highest BCUT2D eigenvalue weighted by atomic mass is 16.5. The minimum atomic E-state index is -0.0434. The molecule has 0 radical (unpaired) electrons. The van der Waals surface area contributed by atoms with Crippen LogP contribution in [0.5, 0.6) is 0 Å². The van der Waals surface area contributed by atoms with Crippen LogP contribution in [0.2, 0.25) is 0 Å². The van der Waals surface area contributed by atoms with E-state index in [0.29, 0.717) is 31.5 Å². The second-order valence-corrected chi connectivity index (χ2v) is 5.11. The molecule has 3 rings (SSSR count). The normalized spacial score (nSPS) is 11.1. The van der Waals surface area contributed by atoms with Crippen LogP contribution in [-0.2, 0) is 11.3 Å². The number of rotatable bonds is 8. The van der Waals surface area contributed by atoms with Crippen molar-refractivity contribution >= 4 is 16.7 Å². The third kappa shape index (κ3) is 3.67. The van der Waals surface area contributed by atoms with Gasteiger partial charge < -0.3 is 20.3 Å². The maximum Gasteiger partial charge on any atom is 0.237 e. The standard InChI is InChI=1S/C16H19N5O3/c22-6-8-24-7-4-18-15-13-9-12(10-23)1-2-14(13)19-16(20-15)21-5-3-17-11-21/h1-3,5,9,11,22-23H,4,6-8,10H2,(H,18,19,20). The molecule has 0 aliphatic carbocycles. The molecule has 2 heterocycles. The van der Waals surface area contributed by atoms with Crippen LogP contribution in [0, 0.1) is 0 Å². The Kier molecular flexibility index (Phi) is 5.32. The molecule has 8 nitrogen and oxygen atoms in total. The lowest BCUT2D eigenvalue weighted by Gasteiger charge is -2.12. The monoisotopic (exact) mass is 329 g/mol. The quantitative estimate of drug-likeness (QED) is 0.523. The summed E-state index contributed by atoms with van der Waals surface area (Å²) in [6.07, 6.45) is 5.08. The number of aliphatic hydroxyl groups excluding tert-OH is 2. The second kappa shape index (κ2) is 7.82. The number of fused-ring (bicyclic) bond motifs is 1. The van der Waals surface area contributed by atoms with Crippen LogP contribution in [0.3, 0.4) is 0 Å². The van der Waals surface area contributed by atoms with E-state index in [1.54, 1.807) is 23.3 Å². The summed E-state index contributed by atoms with van der Waals surface area (Å²) in [5.41, 5.74) is 1.56. The summed E-state index contributed by atoms with van der Waals surface area (Å²) in [5.74, 6) is 1.17. The summed E-state index contributed by atoms with van der Waals surface area (Å²) in [6.45, 7) is 1.26. The van der Waals surface area contributed by atoms with Gasteiger partial charge in [-0.3, -0.25) is 4.57 Å². The number of nitrogens with one attached hydrogen (secondary N) is 1. The highest BCUT2D eigenvalue weighted by molar-refractivity contribution is 5.90. The number of aliphatic hydroxyl groups is 2. The lowest BCUT2D eigenvalue weighted by molar-refractivity contribution is 0.0992. The Morgan fingerprint density at radius 1 is 1.17 bits per heavy atom. The van der Waals surface area contributed by atoms with Gasteiger partial charge in [0.15, 0.2) is 0 Å². The molecule has 0 aliphatic heterocycles. The van der Waals surface area contributed by atoms with Crippen LogP contribution >= 0.6 is 0 Å². The molecule has 0 saturated heterocycles. The number of ether oxygens (including phenoxy) is 1. The second-order valence-electron chi connectivity index (χ2n) is 5.11. The van der Waals surface area contributed by atoms with E-state index < -0.39 is 0 Å². The van der Waals surface area contributed by atoms with Crippen molar-refractivity contribution in [2.24, 2.45) is 0 Å². The summed E-state index contributed by atoms with van der Waals surface area (Å²) < 4.78 is 6.98. The first kappa shape index (κ1) is 16.3. The SMILES string of the molecule is OCCOCCNc1nc(-n2ccnc2)nc2ccc(CO)cc12. The van der Waals surface area contributed by atoms with E-state index in [-0.39, 0.29) is 13.2 Å². The van der Waals surface area contributed by atoms with E-state index in [0.717, 1.165) is 16.5 Å². The number of imidazole rings is 1. The fourth-order valence-corrected chi connectivity index (χ4v) is 2.30. The number of benzene rings is 1. The summed E-state index contributed by atoms with van der Waals surface area (Å²) in [5, 5.41) is 22.1. The number of anilines is 1. The van der Waals surface area contributed by atoms with Gasteiger partial charge in [-0.15, -0.1) is 0 Å². The average molecular weight is 329 g/mol. The van der Waals surface area contributed by atoms with Crippen molar-refractivity contribution < 1.29 is 14.9 Å². The summed E-state index contributed by atoms with van der Waals surface area (Å²) in [6, 6.07) is 5.56. The molecule has 2 aromatic heterocycles. The minimum Gasteiger partial charge on any atom is -0.394 e. The van der Waals surface area contributed by atoms with E-state index in [2.05, 4.69) is 20.3 Å². The third-order valence-corrected chi connectivity index (χ3v) is 3.44. The maximum absolute atomic E-state index is 9.35. The summed E-state index contributed by atoms with van der Waals surface area (Å²) in [7, 11) is 0. The zero-order chi connectivity index (χ0) is 16.8. The molecule has 0 atom stereocenters. The molecule has 3 aromatic rings. The number of hydrogen-bond acceptors (Lipinski definition) is 7. The van der Waals surface area contributed by atoms with Crippen molar-refractivity contribution in [1.82, 2.24) is 19.5 Å². The predicted octanol–water partition coefficient (Wildman–Crippen LogP) is 0.729. The van der Waals surface area contributed by atoms with Crippen molar-refractivity contribution in [2.45, 2.75) is 6.61 Å². The molecule has 24 heavy (non-hydrogen) atoms. The van der Waals surface area contributed by atoms with Gasteiger partial charge in [0.1, 0.15) is 12.1 Å². The number of hydrogen-bond donors (Lipinski definition) is 3. The first-order valence-corrected chi connectivity index (χ1v) is 7.64. The van der Waals surface area contributed by atoms with Gasteiger partial charge in [0.2, 0.25) is 5.95 Å². The van der Waals surface area contributed by atoms with Crippen molar-refractivity contribution in [1.29, 1.82) is 0 Å². The first-order chi connectivity index (χ1) is 11.8. The number of aromatic nitrogens is 4. The Morgan fingerprint density at radius 3 is 2.83 bits per heavy atom. The molecular weight excluding hydrogens is 310 g/mol. The molecule has 0 bridgehead atoms. The van der Waals surface area contributed by atoms with Gasteiger partial charge in [-0.25, -0.2) is 9.97 Å². The van der Waals surface area contributed by atoms with Crippen LogP contribution in [0.1, 0.15) is 5.56 Å². The van der Waals surface area contributed by atoms with Gasteiger partial charge in [-0.2, -0.15) is 4.98 Å². The molecule has 0 fully saturated rings. The predicted molar refractivity (Wildman–Crippen MR) is 89.0 cm³/mol. The topological polar surface area (TPSA) is 105 Å². The Morgan fingerprint density at radius 2 is 2.08 bits per heavy atom. The lowest BCUT2D eigenvalue weighted by atomic mass is 10.1.